The van der Waals surface area contributed by atoms with E-state index in [1.165, 1.54) is 4.80 Å². The molecule has 0 radical (unpaired) electrons. The molecule has 0 unspecified atom stereocenters. The standard InChI is InChI=1S/C19H21N5O2/c1-4-26-16-10-8-15(9-11-16)19-21-23-24(22-19)12-18(25)20-17-7-5-6-13(2)14(17)3/h5-11H,4,12H2,1-3H3,(H,20,25). The molecular weight excluding hydrogens is 330 g/mol. The predicted octanol–water partition coefficient (Wildman–Crippen LogP) is 2.99. The van der Waals surface area contributed by atoms with Crippen LogP contribution in [-0.4, -0.2) is 32.7 Å². The molecule has 2 aromatic carbocycles. The third-order valence-corrected chi connectivity index (χ3v) is 4.04. The van der Waals surface area contributed by atoms with Gasteiger partial charge < -0.3 is 10.1 Å². The van der Waals surface area contributed by atoms with E-state index < -0.39 is 0 Å². The number of nitrogens with zero attached hydrogens (tertiary/aromatic N) is 4. The van der Waals surface area contributed by atoms with Gasteiger partial charge in [-0.05, 0) is 67.4 Å². The van der Waals surface area contributed by atoms with E-state index >= 15 is 0 Å². The van der Waals surface area contributed by atoms with Crippen LogP contribution in [0, 0.1) is 13.8 Å². The molecule has 7 heteroatoms. The average Bonchev–Trinajstić information content (AvgIpc) is 3.08. The van der Waals surface area contributed by atoms with Crippen LogP contribution in [0.1, 0.15) is 18.1 Å². The molecule has 1 aromatic heterocycles. The zero-order valence-corrected chi connectivity index (χ0v) is 15.1. The Bertz CT molecular complexity index is 903. The highest BCUT2D eigenvalue weighted by molar-refractivity contribution is 5.91. The van der Waals surface area contributed by atoms with E-state index in [0.717, 1.165) is 28.1 Å². The van der Waals surface area contributed by atoms with E-state index in [1.807, 2.05) is 63.2 Å². The van der Waals surface area contributed by atoms with Gasteiger partial charge in [0.1, 0.15) is 12.3 Å². The number of hydrogen-bond acceptors (Lipinski definition) is 5. The molecule has 1 heterocycles. The molecule has 3 rings (SSSR count). The highest BCUT2D eigenvalue weighted by atomic mass is 16.5. The number of benzene rings is 2. The predicted molar refractivity (Wildman–Crippen MR) is 99.0 cm³/mol. The molecule has 1 N–H and O–H groups in total. The summed E-state index contributed by atoms with van der Waals surface area (Å²) in [6.45, 7) is 6.53. The summed E-state index contributed by atoms with van der Waals surface area (Å²) >= 11 is 0. The van der Waals surface area contributed by atoms with Gasteiger partial charge in [-0.15, -0.1) is 10.2 Å². The number of aromatic nitrogens is 4. The molecule has 0 fully saturated rings. The van der Waals surface area contributed by atoms with Crippen molar-refractivity contribution < 1.29 is 9.53 Å². The molecule has 0 aliphatic rings. The number of aryl methyl sites for hydroxylation is 1. The van der Waals surface area contributed by atoms with Crippen molar-refractivity contribution >= 4 is 11.6 Å². The van der Waals surface area contributed by atoms with Gasteiger partial charge in [-0.1, -0.05) is 12.1 Å². The van der Waals surface area contributed by atoms with Crippen molar-refractivity contribution in [2.45, 2.75) is 27.3 Å². The van der Waals surface area contributed by atoms with Gasteiger partial charge in [0.2, 0.25) is 11.7 Å². The maximum absolute atomic E-state index is 12.3. The summed E-state index contributed by atoms with van der Waals surface area (Å²) < 4.78 is 5.41. The summed E-state index contributed by atoms with van der Waals surface area (Å²) in [4.78, 5) is 13.5. The minimum Gasteiger partial charge on any atom is -0.494 e. The first-order valence-corrected chi connectivity index (χ1v) is 8.44. The van der Waals surface area contributed by atoms with Gasteiger partial charge in [0.25, 0.3) is 0 Å². The van der Waals surface area contributed by atoms with Crippen LogP contribution in [0.25, 0.3) is 11.4 Å². The van der Waals surface area contributed by atoms with E-state index in [-0.39, 0.29) is 12.5 Å². The minimum absolute atomic E-state index is 0.00257. The van der Waals surface area contributed by atoms with Crippen LogP contribution in [0.4, 0.5) is 5.69 Å². The Kier molecular flexibility index (Phi) is 5.26. The number of rotatable bonds is 6. The van der Waals surface area contributed by atoms with Crippen LogP contribution < -0.4 is 10.1 Å². The number of ether oxygens (including phenoxy) is 1. The normalized spacial score (nSPS) is 10.6. The number of anilines is 1. The van der Waals surface area contributed by atoms with Crippen molar-refractivity contribution in [3.8, 4) is 17.1 Å². The van der Waals surface area contributed by atoms with E-state index in [1.54, 1.807) is 0 Å². The van der Waals surface area contributed by atoms with Gasteiger partial charge in [-0.25, -0.2) is 0 Å². The van der Waals surface area contributed by atoms with Crippen LogP contribution in [0.3, 0.4) is 0 Å². The van der Waals surface area contributed by atoms with Crippen LogP contribution >= 0.6 is 0 Å². The van der Waals surface area contributed by atoms with Crippen molar-refractivity contribution in [1.29, 1.82) is 0 Å². The Morgan fingerprint density at radius 2 is 1.92 bits per heavy atom. The number of nitrogens with one attached hydrogen (secondary N) is 1. The average molecular weight is 351 g/mol. The largest absolute Gasteiger partial charge is 0.494 e. The van der Waals surface area contributed by atoms with Crippen molar-refractivity contribution in [1.82, 2.24) is 20.2 Å². The molecule has 0 aliphatic heterocycles. The summed E-state index contributed by atoms with van der Waals surface area (Å²) in [6.07, 6.45) is 0. The van der Waals surface area contributed by atoms with Crippen molar-refractivity contribution in [3.63, 3.8) is 0 Å². The Balaban J connectivity index is 1.66. The maximum atomic E-state index is 12.3. The van der Waals surface area contributed by atoms with E-state index in [2.05, 4.69) is 20.7 Å². The Hall–Kier alpha value is -3.22. The first-order chi connectivity index (χ1) is 12.6. The second-order valence-electron chi connectivity index (χ2n) is 5.90. The second kappa shape index (κ2) is 7.77. The molecule has 0 atom stereocenters. The number of amides is 1. The second-order valence-corrected chi connectivity index (χ2v) is 5.90. The van der Waals surface area contributed by atoms with Gasteiger partial charge in [-0.3, -0.25) is 4.79 Å². The fourth-order valence-electron chi connectivity index (χ4n) is 2.50. The SMILES string of the molecule is CCOc1ccc(-c2nnn(CC(=O)Nc3cccc(C)c3C)n2)cc1. The van der Waals surface area contributed by atoms with Gasteiger partial charge in [0.05, 0.1) is 6.61 Å². The summed E-state index contributed by atoms with van der Waals surface area (Å²) in [5.41, 5.74) is 3.78. The van der Waals surface area contributed by atoms with Gasteiger partial charge in [-0.2, -0.15) is 4.80 Å². The molecule has 1 amide bonds. The fraction of sp³-hybridized carbons (Fsp3) is 0.263. The molecule has 0 saturated carbocycles. The first kappa shape index (κ1) is 17.6. The van der Waals surface area contributed by atoms with Crippen LogP contribution in [0.5, 0.6) is 5.75 Å². The molecule has 0 saturated heterocycles. The highest BCUT2D eigenvalue weighted by Crippen LogP contribution is 2.19. The quantitative estimate of drug-likeness (QED) is 0.738. The lowest BCUT2D eigenvalue weighted by Crippen LogP contribution is -2.21. The maximum Gasteiger partial charge on any atom is 0.248 e. The lowest BCUT2D eigenvalue weighted by Gasteiger charge is -2.09. The van der Waals surface area contributed by atoms with Gasteiger partial charge in [0, 0.05) is 11.3 Å². The van der Waals surface area contributed by atoms with Crippen molar-refractivity contribution in [2.75, 3.05) is 11.9 Å². The van der Waals surface area contributed by atoms with Crippen molar-refractivity contribution in [3.05, 3.63) is 53.6 Å². The monoisotopic (exact) mass is 351 g/mol. The molecule has 26 heavy (non-hydrogen) atoms. The smallest absolute Gasteiger partial charge is 0.248 e. The molecule has 7 nitrogen and oxygen atoms in total. The fourth-order valence-corrected chi connectivity index (χ4v) is 2.50. The number of carbonyl (C=O) groups is 1. The Morgan fingerprint density at radius 1 is 1.15 bits per heavy atom. The zero-order valence-electron chi connectivity index (χ0n) is 15.1. The lowest BCUT2D eigenvalue weighted by atomic mass is 10.1. The van der Waals surface area contributed by atoms with Gasteiger partial charge in [0.15, 0.2) is 0 Å². The summed E-state index contributed by atoms with van der Waals surface area (Å²) in [5.74, 6) is 1.05. The molecular formula is C19H21N5O2. The number of tetrazole rings is 1. The number of carbonyl (C=O) groups excluding carboxylic acids is 1. The lowest BCUT2D eigenvalue weighted by molar-refractivity contribution is -0.117. The molecule has 134 valence electrons. The summed E-state index contributed by atoms with van der Waals surface area (Å²) in [5, 5.41) is 15.1. The first-order valence-electron chi connectivity index (χ1n) is 8.44. The third kappa shape index (κ3) is 4.05. The summed E-state index contributed by atoms with van der Waals surface area (Å²) in [7, 11) is 0. The van der Waals surface area contributed by atoms with Crippen LogP contribution in [-0.2, 0) is 11.3 Å². The highest BCUT2D eigenvalue weighted by Gasteiger charge is 2.11. The topological polar surface area (TPSA) is 81.9 Å². The van der Waals surface area contributed by atoms with E-state index in [0.29, 0.717) is 12.4 Å². The molecule has 0 spiro atoms. The third-order valence-electron chi connectivity index (χ3n) is 4.04. The Labute approximate surface area is 152 Å². The van der Waals surface area contributed by atoms with E-state index in [9.17, 15) is 4.79 Å². The zero-order chi connectivity index (χ0) is 18.5. The van der Waals surface area contributed by atoms with Crippen molar-refractivity contribution in [2.24, 2.45) is 0 Å². The molecule has 0 aliphatic carbocycles. The minimum atomic E-state index is -0.200. The Morgan fingerprint density at radius 3 is 2.65 bits per heavy atom. The number of hydrogen-bond donors (Lipinski definition) is 1. The van der Waals surface area contributed by atoms with Gasteiger partial charge >= 0.3 is 0 Å². The van der Waals surface area contributed by atoms with Crippen LogP contribution in [0.15, 0.2) is 42.5 Å². The van der Waals surface area contributed by atoms with E-state index in [4.69, 9.17) is 4.74 Å². The summed E-state index contributed by atoms with van der Waals surface area (Å²) in [6, 6.07) is 13.2. The molecule has 0 bridgehead atoms. The molecule has 3 aromatic rings. The van der Waals surface area contributed by atoms with Crippen LogP contribution in [0.2, 0.25) is 0 Å².